The lowest BCUT2D eigenvalue weighted by atomic mass is 10.0. The Kier molecular flexibility index (Phi) is 16.5. The number of quaternary nitrogens is 1. The highest BCUT2D eigenvalue weighted by molar-refractivity contribution is 7.80. The van der Waals surface area contributed by atoms with Crippen LogP contribution in [0.2, 0.25) is 0 Å². The maximum Gasteiger partial charge on any atom is 0.402 e. The molecule has 0 bridgehead atoms. The van der Waals surface area contributed by atoms with Crippen molar-refractivity contribution in [3.8, 4) is 0 Å². The van der Waals surface area contributed by atoms with Crippen molar-refractivity contribution >= 4 is 10.4 Å². The standard InChI is InChI=1S/C22H47NO4S/c1-5-6-7-8-9-10-11-12-13-14-15-16-17-18-19-20-21-23(3,4)22(2)27-28(24,25)26/h22H,5-21H2,1-4H3/p+1. The maximum absolute atomic E-state index is 10.8. The van der Waals surface area contributed by atoms with E-state index in [1.165, 1.54) is 89.9 Å². The van der Waals surface area contributed by atoms with Crippen LogP contribution in [0.1, 0.15) is 117 Å². The smallest absolute Gasteiger partial charge is 0.303 e. The first-order valence-electron chi connectivity index (χ1n) is 11.7. The van der Waals surface area contributed by atoms with Gasteiger partial charge in [-0.3, -0.25) is 4.55 Å². The van der Waals surface area contributed by atoms with Gasteiger partial charge in [0, 0.05) is 6.92 Å². The molecule has 0 fully saturated rings. The third-order valence-corrected chi connectivity index (χ3v) is 6.35. The normalized spacial score (nSPS) is 13.8. The van der Waals surface area contributed by atoms with E-state index in [1.807, 2.05) is 14.1 Å². The summed E-state index contributed by atoms with van der Waals surface area (Å²) >= 11 is 0. The molecule has 0 heterocycles. The van der Waals surface area contributed by atoms with Gasteiger partial charge in [0.25, 0.3) is 0 Å². The van der Waals surface area contributed by atoms with E-state index in [0.717, 1.165) is 19.4 Å². The molecule has 0 amide bonds. The Labute approximate surface area is 175 Å². The van der Waals surface area contributed by atoms with E-state index in [9.17, 15) is 8.42 Å². The lowest BCUT2D eigenvalue weighted by molar-refractivity contribution is -0.931. The molecule has 0 aromatic heterocycles. The first-order valence-corrected chi connectivity index (χ1v) is 13.0. The summed E-state index contributed by atoms with van der Waals surface area (Å²) in [5.74, 6) is 0. The van der Waals surface area contributed by atoms with E-state index in [2.05, 4.69) is 11.1 Å². The molecule has 1 atom stereocenters. The minimum absolute atomic E-state index is 0.429. The molecule has 0 rings (SSSR count). The van der Waals surface area contributed by atoms with Gasteiger partial charge in [0.2, 0.25) is 6.23 Å². The number of rotatable bonds is 20. The molecule has 0 aromatic carbocycles. The van der Waals surface area contributed by atoms with E-state index < -0.39 is 16.6 Å². The van der Waals surface area contributed by atoms with Gasteiger partial charge in [-0.05, 0) is 12.8 Å². The van der Waals surface area contributed by atoms with E-state index >= 15 is 0 Å². The molecule has 0 saturated heterocycles. The zero-order valence-electron chi connectivity index (χ0n) is 19.1. The largest absolute Gasteiger partial charge is 0.402 e. The van der Waals surface area contributed by atoms with Gasteiger partial charge in [0.1, 0.15) is 0 Å². The second-order valence-corrected chi connectivity index (χ2v) is 9.98. The Hall–Kier alpha value is -0.170. The van der Waals surface area contributed by atoms with Crippen molar-refractivity contribution in [1.82, 2.24) is 0 Å². The summed E-state index contributed by atoms with van der Waals surface area (Å²) in [7, 11) is -0.520. The zero-order valence-corrected chi connectivity index (χ0v) is 19.9. The van der Waals surface area contributed by atoms with Crippen molar-refractivity contribution < 1.29 is 21.6 Å². The minimum atomic E-state index is -4.38. The summed E-state index contributed by atoms with van der Waals surface area (Å²) in [5.41, 5.74) is 0. The van der Waals surface area contributed by atoms with Gasteiger partial charge in [0.15, 0.2) is 0 Å². The van der Waals surface area contributed by atoms with E-state index in [4.69, 9.17) is 4.55 Å². The Bertz CT molecular complexity index is 451. The molecule has 0 radical (unpaired) electrons. The van der Waals surface area contributed by atoms with Crippen LogP contribution in [0.4, 0.5) is 0 Å². The first-order chi connectivity index (χ1) is 13.2. The van der Waals surface area contributed by atoms with Crippen molar-refractivity contribution in [2.24, 2.45) is 0 Å². The molecule has 0 aliphatic rings. The average Bonchev–Trinajstić information content (AvgIpc) is 2.60. The molecule has 170 valence electrons. The quantitative estimate of drug-likeness (QED) is 0.105. The molecule has 28 heavy (non-hydrogen) atoms. The van der Waals surface area contributed by atoms with Crippen LogP contribution < -0.4 is 0 Å². The highest BCUT2D eigenvalue weighted by Crippen LogP contribution is 2.16. The number of hydrogen-bond donors (Lipinski definition) is 1. The molecule has 0 aromatic rings. The lowest BCUT2D eigenvalue weighted by Gasteiger charge is -2.34. The fourth-order valence-corrected chi connectivity index (χ4v) is 4.13. The summed E-state index contributed by atoms with van der Waals surface area (Å²) in [6.07, 6.45) is 20.9. The fourth-order valence-electron chi connectivity index (χ4n) is 3.54. The topological polar surface area (TPSA) is 63.6 Å². The molecule has 0 aliphatic heterocycles. The Morgan fingerprint density at radius 1 is 0.714 bits per heavy atom. The Balaban J connectivity index is 3.41. The van der Waals surface area contributed by atoms with E-state index in [0.29, 0.717) is 4.48 Å². The van der Waals surface area contributed by atoms with Crippen LogP contribution in [0.5, 0.6) is 0 Å². The number of nitrogens with zero attached hydrogens (tertiary/aromatic N) is 1. The number of hydrogen-bond acceptors (Lipinski definition) is 3. The van der Waals surface area contributed by atoms with Crippen molar-refractivity contribution in [1.29, 1.82) is 0 Å². The maximum atomic E-state index is 10.8. The van der Waals surface area contributed by atoms with Crippen molar-refractivity contribution in [2.75, 3.05) is 20.6 Å². The van der Waals surface area contributed by atoms with Gasteiger partial charge >= 0.3 is 10.4 Å². The van der Waals surface area contributed by atoms with E-state index in [1.54, 1.807) is 6.92 Å². The van der Waals surface area contributed by atoms with Crippen LogP contribution in [0.25, 0.3) is 0 Å². The molecular weight excluding hydrogens is 374 g/mol. The second-order valence-electron chi connectivity index (χ2n) is 8.93. The predicted molar refractivity (Wildman–Crippen MR) is 119 cm³/mol. The molecular formula is C22H48NO4S+. The molecule has 0 saturated carbocycles. The average molecular weight is 423 g/mol. The van der Waals surface area contributed by atoms with Crippen molar-refractivity contribution in [3.63, 3.8) is 0 Å². The Morgan fingerprint density at radius 3 is 1.36 bits per heavy atom. The highest BCUT2D eigenvalue weighted by atomic mass is 32.3. The first kappa shape index (κ1) is 27.8. The van der Waals surface area contributed by atoms with E-state index in [-0.39, 0.29) is 0 Å². The third kappa shape index (κ3) is 17.9. The van der Waals surface area contributed by atoms with Gasteiger partial charge in [0.05, 0.1) is 20.6 Å². The molecule has 6 heteroatoms. The van der Waals surface area contributed by atoms with Crippen LogP contribution in [-0.2, 0) is 14.6 Å². The summed E-state index contributed by atoms with van der Waals surface area (Å²) in [5, 5.41) is 0. The van der Waals surface area contributed by atoms with Gasteiger partial charge in [-0.1, -0.05) is 96.8 Å². The van der Waals surface area contributed by atoms with Crippen LogP contribution in [-0.4, -0.2) is 44.3 Å². The molecule has 0 aliphatic carbocycles. The van der Waals surface area contributed by atoms with Gasteiger partial charge in [-0.2, -0.15) is 12.6 Å². The molecule has 0 spiro atoms. The van der Waals surface area contributed by atoms with Crippen LogP contribution >= 0.6 is 0 Å². The van der Waals surface area contributed by atoms with Crippen molar-refractivity contribution in [3.05, 3.63) is 0 Å². The van der Waals surface area contributed by atoms with Gasteiger partial charge in [-0.25, -0.2) is 0 Å². The summed E-state index contributed by atoms with van der Waals surface area (Å²) in [6.45, 7) is 4.79. The SMILES string of the molecule is CCCCCCCCCCCCCCCCCC[N+](C)(C)C(C)OS(=O)(=O)O. The van der Waals surface area contributed by atoms with Gasteiger partial charge < -0.3 is 4.48 Å². The van der Waals surface area contributed by atoms with Crippen LogP contribution in [0.15, 0.2) is 0 Å². The van der Waals surface area contributed by atoms with Crippen LogP contribution in [0.3, 0.4) is 0 Å². The Morgan fingerprint density at radius 2 is 1.04 bits per heavy atom. The fraction of sp³-hybridized carbons (Fsp3) is 1.00. The number of unbranched alkanes of at least 4 members (excludes halogenated alkanes) is 15. The third-order valence-electron chi connectivity index (χ3n) is 5.83. The monoisotopic (exact) mass is 422 g/mol. The summed E-state index contributed by atoms with van der Waals surface area (Å²) < 4.78 is 35.6. The minimum Gasteiger partial charge on any atom is -0.303 e. The zero-order chi connectivity index (χ0) is 21.3. The summed E-state index contributed by atoms with van der Waals surface area (Å²) in [4.78, 5) is 0. The van der Waals surface area contributed by atoms with Crippen molar-refractivity contribution in [2.45, 2.75) is 123 Å². The molecule has 5 nitrogen and oxygen atoms in total. The van der Waals surface area contributed by atoms with Crippen LogP contribution in [0, 0.1) is 0 Å². The van der Waals surface area contributed by atoms with Gasteiger partial charge in [-0.15, -0.1) is 0 Å². The predicted octanol–water partition coefficient (Wildman–Crippen LogP) is 6.49. The summed E-state index contributed by atoms with van der Waals surface area (Å²) in [6, 6.07) is 0. The highest BCUT2D eigenvalue weighted by Gasteiger charge is 2.28. The lowest BCUT2D eigenvalue weighted by Crippen LogP contribution is -2.49. The molecule has 1 N–H and O–H groups in total. The second kappa shape index (κ2) is 16.6. The molecule has 1 unspecified atom stereocenters.